The maximum Gasteiger partial charge on any atom is 0.272 e. The zero-order valence-electron chi connectivity index (χ0n) is 16.5. The SMILES string of the molecule is CN1Cc2cc(-c3cccc4cc(C(=O)N5CCCCC5)ccc34)cnc2C1=O. The number of benzene rings is 2. The number of piperidine rings is 1. The van der Waals surface area contributed by atoms with Crippen molar-refractivity contribution < 1.29 is 9.59 Å². The van der Waals surface area contributed by atoms with E-state index < -0.39 is 0 Å². The first-order valence-corrected chi connectivity index (χ1v) is 10.2. The number of aromatic nitrogens is 1. The monoisotopic (exact) mass is 385 g/mol. The van der Waals surface area contributed by atoms with Gasteiger partial charge in [-0.3, -0.25) is 14.6 Å². The molecular weight excluding hydrogens is 362 g/mol. The van der Waals surface area contributed by atoms with Gasteiger partial charge in [0.2, 0.25) is 0 Å². The number of carbonyl (C=O) groups is 2. The van der Waals surface area contributed by atoms with E-state index in [1.54, 1.807) is 18.1 Å². The van der Waals surface area contributed by atoms with Gasteiger partial charge in [0.15, 0.2) is 0 Å². The molecule has 1 saturated heterocycles. The first-order valence-electron chi connectivity index (χ1n) is 10.2. The molecule has 0 radical (unpaired) electrons. The van der Waals surface area contributed by atoms with Crippen LogP contribution < -0.4 is 0 Å². The molecule has 0 unspecified atom stereocenters. The molecule has 29 heavy (non-hydrogen) atoms. The van der Waals surface area contributed by atoms with Gasteiger partial charge in [-0.2, -0.15) is 0 Å². The van der Waals surface area contributed by atoms with Crippen LogP contribution in [0.2, 0.25) is 0 Å². The van der Waals surface area contributed by atoms with Gasteiger partial charge in [-0.25, -0.2) is 0 Å². The topological polar surface area (TPSA) is 53.5 Å². The van der Waals surface area contributed by atoms with Crippen LogP contribution in [0.4, 0.5) is 0 Å². The summed E-state index contributed by atoms with van der Waals surface area (Å²) in [5.74, 6) is 0.100. The van der Waals surface area contributed by atoms with Gasteiger partial charge >= 0.3 is 0 Å². The van der Waals surface area contributed by atoms with Crippen LogP contribution >= 0.6 is 0 Å². The lowest BCUT2D eigenvalue weighted by atomic mass is 9.96. The number of likely N-dealkylation sites (tertiary alicyclic amines) is 1. The second kappa shape index (κ2) is 6.99. The molecule has 5 rings (SSSR count). The van der Waals surface area contributed by atoms with Gasteiger partial charge in [0, 0.05) is 49.6 Å². The van der Waals surface area contributed by atoms with E-state index in [9.17, 15) is 9.59 Å². The highest BCUT2D eigenvalue weighted by Crippen LogP contribution is 2.32. The van der Waals surface area contributed by atoms with Gasteiger partial charge in [-0.15, -0.1) is 0 Å². The fourth-order valence-corrected chi connectivity index (χ4v) is 4.43. The van der Waals surface area contributed by atoms with Crippen LogP contribution in [0.25, 0.3) is 21.9 Å². The van der Waals surface area contributed by atoms with Gasteiger partial charge < -0.3 is 9.80 Å². The molecule has 2 aliphatic heterocycles. The van der Waals surface area contributed by atoms with E-state index in [1.165, 1.54) is 6.42 Å². The van der Waals surface area contributed by atoms with E-state index >= 15 is 0 Å². The first kappa shape index (κ1) is 17.9. The number of rotatable bonds is 2. The van der Waals surface area contributed by atoms with E-state index in [-0.39, 0.29) is 11.8 Å². The lowest BCUT2D eigenvalue weighted by Gasteiger charge is -2.26. The largest absolute Gasteiger partial charge is 0.339 e. The summed E-state index contributed by atoms with van der Waals surface area (Å²) in [5.41, 5.74) is 4.31. The Morgan fingerprint density at radius 3 is 2.69 bits per heavy atom. The number of carbonyl (C=O) groups excluding carboxylic acids is 2. The molecule has 146 valence electrons. The smallest absolute Gasteiger partial charge is 0.272 e. The Bertz CT molecular complexity index is 1130. The summed E-state index contributed by atoms with van der Waals surface area (Å²) in [6.07, 6.45) is 5.16. The van der Waals surface area contributed by atoms with Crippen LogP contribution in [-0.4, -0.2) is 46.7 Å². The third-order valence-electron chi connectivity index (χ3n) is 6.01. The van der Waals surface area contributed by atoms with Crippen molar-refractivity contribution in [3.63, 3.8) is 0 Å². The molecule has 0 aliphatic carbocycles. The summed E-state index contributed by atoms with van der Waals surface area (Å²) in [4.78, 5) is 33.1. The molecule has 2 aliphatic rings. The second-order valence-corrected chi connectivity index (χ2v) is 7.99. The van der Waals surface area contributed by atoms with Gasteiger partial charge in [0.05, 0.1) is 0 Å². The zero-order chi connectivity index (χ0) is 20.0. The Morgan fingerprint density at radius 2 is 1.86 bits per heavy atom. The molecule has 3 heterocycles. The summed E-state index contributed by atoms with van der Waals surface area (Å²) >= 11 is 0. The van der Waals surface area contributed by atoms with Crippen molar-refractivity contribution >= 4 is 22.6 Å². The molecule has 0 atom stereocenters. The van der Waals surface area contributed by atoms with Crippen molar-refractivity contribution in [1.82, 2.24) is 14.8 Å². The molecule has 0 spiro atoms. The molecule has 2 amide bonds. The van der Waals surface area contributed by atoms with E-state index in [0.717, 1.165) is 59.0 Å². The van der Waals surface area contributed by atoms with Crippen LogP contribution in [-0.2, 0) is 6.54 Å². The predicted octanol–water partition coefficient (Wildman–Crippen LogP) is 4.11. The third-order valence-corrected chi connectivity index (χ3v) is 6.01. The number of pyridine rings is 1. The molecule has 0 bridgehead atoms. The minimum atomic E-state index is -0.0228. The molecular formula is C24H23N3O2. The highest BCUT2D eigenvalue weighted by Gasteiger charge is 2.26. The molecule has 2 aromatic carbocycles. The molecule has 5 heteroatoms. The van der Waals surface area contributed by atoms with Crippen LogP contribution in [0.5, 0.6) is 0 Å². The Kier molecular flexibility index (Phi) is 4.31. The number of fused-ring (bicyclic) bond motifs is 2. The first-order chi connectivity index (χ1) is 14.1. The van der Waals surface area contributed by atoms with E-state index in [4.69, 9.17) is 0 Å². The number of amides is 2. The summed E-state index contributed by atoms with van der Waals surface area (Å²) < 4.78 is 0. The standard InChI is InChI=1S/C24H23N3O2/c1-26-15-19-13-18(14-25-22(19)24(26)29)20-7-5-6-16-12-17(8-9-21(16)20)23(28)27-10-3-2-4-11-27/h5-9,12-14H,2-4,10-11,15H2,1H3. The summed E-state index contributed by atoms with van der Waals surface area (Å²) in [6, 6.07) is 14.1. The minimum absolute atomic E-state index is 0.0228. The number of hydrogen-bond acceptors (Lipinski definition) is 3. The van der Waals surface area contributed by atoms with Gasteiger partial charge in [0.25, 0.3) is 11.8 Å². The molecule has 1 fully saturated rings. The Balaban J connectivity index is 1.52. The lowest BCUT2D eigenvalue weighted by Crippen LogP contribution is -2.35. The van der Waals surface area contributed by atoms with Crippen molar-refractivity contribution in [3.05, 3.63) is 65.5 Å². The average Bonchev–Trinajstić information content (AvgIpc) is 3.06. The minimum Gasteiger partial charge on any atom is -0.339 e. The van der Waals surface area contributed by atoms with Gasteiger partial charge in [-0.1, -0.05) is 24.3 Å². The lowest BCUT2D eigenvalue weighted by molar-refractivity contribution is 0.0724. The highest BCUT2D eigenvalue weighted by atomic mass is 16.2. The maximum absolute atomic E-state index is 12.9. The molecule has 3 aromatic rings. The molecule has 0 N–H and O–H groups in total. The van der Waals surface area contributed by atoms with Crippen molar-refractivity contribution in [3.8, 4) is 11.1 Å². The van der Waals surface area contributed by atoms with E-state index in [2.05, 4.69) is 17.1 Å². The zero-order valence-corrected chi connectivity index (χ0v) is 16.5. The average molecular weight is 385 g/mol. The number of nitrogens with zero attached hydrogens (tertiary/aromatic N) is 3. The van der Waals surface area contributed by atoms with E-state index in [1.807, 2.05) is 35.2 Å². The third kappa shape index (κ3) is 3.07. The fourth-order valence-electron chi connectivity index (χ4n) is 4.43. The Morgan fingerprint density at radius 1 is 1.03 bits per heavy atom. The summed E-state index contributed by atoms with van der Waals surface area (Å²) in [6.45, 7) is 2.30. The summed E-state index contributed by atoms with van der Waals surface area (Å²) in [7, 11) is 1.79. The van der Waals surface area contributed by atoms with Crippen LogP contribution in [0.1, 0.15) is 45.7 Å². The Labute approximate surface area is 170 Å². The Hall–Kier alpha value is -3.21. The maximum atomic E-state index is 12.9. The van der Waals surface area contributed by atoms with Crippen molar-refractivity contribution in [2.24, 2.45) is 0 Å². The normalized spacial score (nSPS) is 16.4. The second-order valence-electron chi connectivity index (χ2n) is 7.99. The quantitative estimate of drug-likeness (QED) is 0.667. The molecule has 5 nitrogen and oxygen atoms in total. The highest BCUT2D eigenvalue weighted by molar-refractivity contribution is 6.03. The van der Waals surface area contributed by atoms with Crippen LogP contribution in [0.3, 0.4) is 0 Å². The molecule has 0 saturated carbocycles. The van der Waals surface area contributed by atoms with Crippen LogP contribution in [0, 0.1) is 0 Å². The van der Waals surface area contributed by atoms with E-state index in [0.29, 0.717) is 12.2 Å². The van der Waals surface area contributed by atoms with Crippen molar-refractivity contribution in [1.29, 1.82) is 0 Å². The van der Waals surface area contributed by atoms with Crippen molar-refractivity contribution in [2.45, 2.75) is 25.8 Å². The number of hydrogen-bond donors (Lipinski definition) is 0. The van der Waals surface area contributed by atoms with Gasteiger partial charge in [-0.05, 0) is 53.8 Å². The predicted molar refractivity (Wildman–Crippen MR) is 113 cm³/mol. The fraction of sp³-hybridized carbons (Fsp3) is 0.292. The van der Waals surface area contributed by atoms with Gasteiger partial charge in [0.1, 0.15) is 5.69 Å². The van der Waals surface area contributed by atoms with Crippen molar-refractivity contribution in [2.75, 3.05) is 20.1 Å². The molecule has 1 aromatic heterocycles. The van der Waals surface area contributed by atoms with Crippen LogP contribution in [0.15, 0.2) is 48.7 Å². The summed E-state index contributed by atoms with van der Waals surface area (Å²) in [5, 5.41) is 2.13.